The minimum Gasteiger partial charge on any atom is -0.460 e. The largest absolute Gasteiger partial charge is 0.460 e. The average molecular weight is 483 g/mol. The Hall–Kier alpha value is -2.81. The lowest BCUT2D eigenvalue weighted by Gasteiger charge is -2.23. The summed E-state index contributed by atoms with van der Waals surface area (Å²) in [4.78, 5) is 32.6. The van der Waals surface area contributed by atoms with Crippen LogP contribution in [0.25, 0.3) is 6.08 Å². The van der Waals surface area contributed by atoms with Crippen molar-refractivity contribution in [1.29, 1.82) is 0 Å². The van der Waals surface area contributed by atoms with Crippen molar-refractivity contribution >= 4 is 34.7 Å². The maximum absolute atomic E-state index is 13.5. The van der Waals surface area contributed by atoms with Crippen molar-refractivity contribution in [3.8, 4) is 0 Å². The summed E-state index contributed by atoms with van der Waals surface area (Å²) in [5, 5.41) is 1.94. The second-order valence-electron chi connectivity index (χ2n) is 8.05. The van der Waals surface area contributed by atoms with Gasteiger partial charge in [-0.1, -0.05) is 55.5 Å². The van der Waals surface area contributed by atoms with Crippen molar-refractivity contribution in [2.24, 2.45) is 4.99 Å². The predicted molar refractivity (Wildman–Crippen MR) is 131 cm³/mol. The van der Waals surface area contributed by atoms with Crippen molar-refractivity contribution in [2.45, 2.75) is 32.7 Å². The van der Waals surface area contributed by atoms with Crippen molar-refractivity contribution in [2.75, 3.05) is 20.3 Å². The van der Waals surface area contributed by atoms with Crippen molar-refractivity contribution < 1.29 is 14.3 Å². The molecular formula is C25H26N2O4S2. The summed E-state index contributed by atoms with van der Waals surface area (Å²) in [6.07, 6.45) is 1.88. The first-order chi connectivity index (χ1) is 15.9. The Bertz CT molecular complexity index is 1350. The van der Waals surface area contributed by atoms with Gasteiger partial charge in [-0.05, 0) is 41.5 Å². The number of carbonyl (C=O) groups is 1. The Labute approximate surface area is 200 Å². The third-order valence-corrected chi connectivity index (χ3v) is 7.38. The van der Waals surface area contributed by atoms with Gasteiger partial charge in [-0.2, -0.15) is 0 Å². The number of thiophene rings is 1. The number of nitrogens with zero attached hydrogens (tertiary/aromatic N) is 2. The fourth-order valence-electron chi connectivity index (χ4n) is 3.72. The van der Waals surface area contributed by atoms with Crippen molar-refractivity contribution in [1.82, 2.24) is 4.57 Å². The van der Waals surface area contributed by atoms with E-state index in [-0.39, 0.29) is 12.2 Å². The lowest BCUT2D eigenvalue weighted by Crippen LogP contribution is -2.39. The van der Waals surface area contributed by atoms with Crippen molar-refractivity contribution in [3.63, 3.8) is 0 Å². The highest BCUT2D eigenvalue weighted by Gasteiger charge is 2.34. The van der Waals surface area contributed by atoms with Crippen LogP contribution in [0.2, 0.25) is 0 Å². The topological polar surface area (TPSA) is 69.9 Å². The summed E-state index contributed by atoms with van der Waals surface area (Å²) in [7, 11) is 1.55. The Balaban J connectivity index is 1.81. The number of carbonyl (C=O) groups excluding carboxylic acids is 1. The molecule has 0 amide bonds. The van der Waals surface area contributed by atoms with Crippen molar-refractivity contribution in [3.05, 3.63) is 88.7 Å². The lowest BCUT2D eigenvalue weighted by molar-refractivity contribution is -0.140. The fraction of sp³-hybridized carbons (Fsp3) is 0.320. The molecule has 1 aliphatic rings. The van der Waals surface area contributed by atoms with Crippen LogP contribution in [0.3, 0.4) is 0 Å². The molecule has 3 aromatic rings. The van der Waals surface area contributed by atoms with Crippen LogP contribution in [0.1, 0.15) is 48.7 Å². The fourth-order valence-corrected chi connectivity index (χ4v) is 5.59. The molecule has 1 atom stereocenters. The number of esters is 1. The summed E-state index contributed by atoms with van der Waals surface area (Å²) >= 11 is 2.83. The van der Waals surface area contributed by atoms with E-state index < -0.39 is 12.0 Å². The summed E-state index contributed by atoms with van der Waals surface area (Å²) in [6, 6.07) is 11.5. The minimum absolute atomic E-state index is 0.139. The molecule has 1 aliphatic heterocycles. The number of fused-ring (bicyclic) bond motifs is 1. The molecule has 33 heavy (non-hydrogen) atoms. The lowest BCUT2D eigenvalue weighted by atomic mass is 10.0. The van der Waals surface area contributed by atoms with Gasteiger partial charge in [0.1, 0.15) is 12.6 Å². The number of allylic oxidation sites excluding steroid dienone is 1. The van der Waals surface area contributed by atoms with Gasteiger partial charge in [0.25, 0.3) is 5.56 Å². The quantitative estimate of drug-likeness (QED) is 0.381. The molecule has 0 spiro atoms. The molecule has 172 valence electrons. The summed E-state index contributed by atoms with van der Waals surface area (Å²) in [5.74, 6) is -0.0366. The molecule has 4 rings (SSSR count). The van der Waals surface area contributed by atoms with Crippen LogP contribution < -0.4 is 14.9 Å². The number of benzene rings is 1. The molecule has 0 N–H and O–H groups in total. The zero-order valence-corrected chi connectivity index (χ0v) is 20.7. The van der Waals surface area contributed by atoms with E-state index in [1.54, 1.807) is 18.6 Å². The standard InChI is InChI=1S/C25H26N2O4S2/c1-15(2)18-9-7-17(8-10-18)14-20-23(28)27-22(19-6-5-13-32-19)21(16(3)26-25(27)33-20)24(29)31-12-11-30-4/h5-10,13-15,22H,11-12H2,1-4H3/b20-14+. The monoisotopic (exact) mass is 482 g/mol. The third kappa shape index (κ3) is 4.78. The van der Waals surface area contributed by atoms with Crippen LogP contribution in [0.15, 0.2) is 62.8 Å². The van der Waals surface area contributed by atoms with Gasteiger partial charge in [-0.15, -0.1) is 11.3 Å². The molecule has 0 fully saturated rings. The van der Waals surface area contributed by atoms with Crippen LogP contribution in [-0.2, 0) is 14.3 Å². The Morgan fingerprint density at radius 2 is 1.97 bits per heavy atom. The summed E-state index contributed by atoms with van der Waals surface area (Å²) < 4.78 is 12.6. The molecule has 2 aromatic heterocycles. The first kappa shape index (κ1) is 23.4. The number of ether oxygens (including phenoxy) is 2. The zero-order valence-electron chi connectivity index (χ0n) is 19.0. The number of thiazole rings is 1. The second-order valence-corrected chi connectivity index (χ2v) is 10.0. The number of rotatable bonds is 7. The molecule has 0 aliphatic carbocycles. The third-order valence-electron chi connectivity index (χ3n) is 5.48. The van der Waals surface area contributed by atoms with E-state index in [0.717, 1.165) is 10.4 Å². The summed E-state index contributed by atoms with van der Waals surface area (Å²) in [5.41, 5.74) is 2.98. The predicted octanol–water partition coefficient (Wildman–Crippen LogP) is 3.61. The smallest absolute Gasteiger partial charge is 0.338 e. The van der Waals surface area contributed by atoms with Gasteiger partial charge in [0, 0.05) is 12.0 Å². The summed E-state index contributed by atoms with van der Waals surface area (Å²) in [6.45, 7) is 6.53. The molecule has 3 heterocycles. The van der Waals surface area contributed by atoms with Gasteiger partial charge in [-0.3, -0.25) is 9.36 Å². The van der Waals surface area contributed by atoms with E-state index in [1.807, 2.05) is 35.7 Å². The SMILES string of the molecule is COCCOC(=O)C1=C(C)N=c2s/c(=C/c3ccc(C(C)C)cc3)c(=O)n2C1c1cccs1. The highest BCUT2D eigenvalue weighted by molar-refractivity contribution is 7.10. The molecule has 1 aromatic carbocycles. The first-order valence-electron chi connectivity index (χ1n) is 10.7. The van der Waals surface area contributed by atoms with Gasteiger partial charge >= 0.3 is 5.97 Å². The van der Waals surface area contributed by atoms with Crippen LogP contribution in [0.5, 0.6) is 0 Å². The number of methoxy groups -OCH3 is 1. The zero-order chi connectivity index (χ0) is 23.5. The molecular weight excluding hydrogens is 456 g/mol. The van der Waals surface area contributed by atoms with Crippen LogP contribution in [0, 0.1) is 0 Å². The Morgan fingerprint density at radius 3 is 2.61 bits per heavy atom. The maximum atomic E-state index is 13.5. The highest BCUT2D eigenvalue weighted by atomic mass is 32.1. The van der Waals surface area contributed by atoms with Gasteiger partial charge in [0.05, 0.1) is 22.4 Å². The molecule has 0 saturated heterocycles. The number of hydrogen-bond donors (Lipinski definition) is 0. The van der Waals surface area contributed by atoms with E-state index in [1.165, 1.54) is 28.2 Å². The average Bonchev–Trinajstić information content (AvgIpc) is 3.42. The van der Waals surface area contributed by atoms with Crippen LogP contribution >= 0.6 is 22.7 Å². The van der Waals surface area contributed by atoms with E-state index in [0.29, 0.717) is 33.1 Å². The molecule has 8 heteroatoms. The molecule has 0 bridgehead atoms. The van der Waals surface area contributed by atoms with E-state index >= 15 is 0 Å². The van der Waals surface area contributed by atoms with E-state index in [9.17, 15) is 9.59 Å². The van der Waals surface area contributed by atoms with E-state index in [2.05, 4.69) is 31.0 Å². The van der Waals surface area contributed by atoms with E-state index in [4.69, 9.17) is 9.47 Å². The van der Waals surface area contributed by atoms with Crippen LogP contribution in [-0.4, -0.2) is 30.9 Å². The number of aromatic nitrogens is 1. The minimum atomic E-state index is -0.568. The molecule has 1 unspecified atom stereocenters. The van der Waals surface area contributed by atoms with Gasteiger partial charge in [0.2, 0.25) is 0 Å². The number of hydrogen-bond acceptors (Lipinski definition) is 7. The maximum Gasteiger partial charge on any atom is 0.338 e. The van der Waals surface area contributed by atoms with Gasteiger partial charge in [0.15, 0.2) is 4.80 Å². The van der Waals surface area contributed by atoms with Crippen LogP contribution in [0.4, 0.5) is 0 Å². The Morgan fingerprint density at radius 1 is 1.21 bits per heavy atom. The first-order valence-corrected chi connectivity index (χ1v) is 12.4. The molecule has 0 saturated carbocycles. The van der Waals surface area contributed by atoms with Gasteiger partial charge in [-0.25, -0.2) is 9.79 Å². The normalized spacial score (nSPS) is 16.2. The molecule has 0 radical (unpaired) electrons. The van der Waals surface area contributed by atoms with Gasteiger partial charge < -0.3 is 9.47 Å². The molecule has 6 nitrogen and oxygen atoms in total. The second kappa shape index (κ2) is 9.99. The highest BCUT2D eigenvalue weighted by Crippen LogP contribution is 2.33. The Kier molecular flexibility index (Phi) is 7.07.